The SMILES string of the molecule is Cc1ccc(C(=O)Nc2cccc3c2CCCC3)c(C)c1. The molecule has 0 fully saturated rings. The first-order chi connectivity index (χ1) is 10.1. The topological polar surface area (TPSA) is 29.1 Å². The van der Waals surface area contributed by atoms with Crippen LogP contribution in [0.2, 0.25) is 0 Å². The number of carbonyl (C=O) groups is 1. The zero-order chi connectivity index (χ0) is 14.8. The van der Waals surface area contributed by atoms with E-state index in [4.69, 9.17) is 0 Å². The van der Waals surface area contributed by atoms with Crippen molar-refractivity contribution >= 4 is 11.6 Å². The lowest BCUT2D eigenvalue weighted by Crippen LogP contribution is -2.16. The van der Waals surface area contributed by atoms with Gasteiger partial charge in [0, 0.05) is 11.3 Å². The number of fused-ring (bicyclic) bond motifs is 1. The number of anilines is 1. The van der Waals surface area contributed by atoms with E-state index in [2.05, 4.69) is 17.4 Å². The van der Waals surface area contributed by atoms with E-state index in [1.807, 2.05) is 38.1 Å². The molecule has 0 heterocycles. The van der Waals surface area contributed by atoms with Crippen molar-refractivity contribution < 1.29 is 4.79 Å². The molecule has 108 valence electrons. The van der Waals surface area contributed by atoms with E-state index < -0.39 is 0 Å². The Morgan fingerprint density at radius 3 is 2.67 bits per heavy atom. The highest BCUT2D eigenvalue weighted by molar-refractivity contribution is 6.05. The highest BCUT2D eigenvalue weighted by atomic mass is 16.1. The number of amides is 1. The van der Waals surface area contributed by atoms with Gasteiger partial charge < -0.3 is 5.32 Å². The summed E-state index contributed by atoms with van der Waals surface area (Å²) >= 11 is 0. The molecule has 1 amide bonds. The van der Waals surface area contributed by atoms with Gasteiger partial charge >= 0.3 is 0 Å². The fraction of sp³-hybridized carbons (Fsp3) is 0.316. The van der Waals surface area contributed by atoms with Crippen molar-refractivity contribution in [1.82, 2.24) is 0 Å². The third kappa shape index (κ3) is 2.85. The van der Waals surface area contributed by atoms with Crippen molar-refractivity contribution in [2.75, 3.05) is 5.32 Å². The van der Waals surface area contributed by atoms with Crippen LogP contribution in [0.4, 0.5) is 5.69 Å². The van der Waals surface area contributed by atoms with E-state index in [0.29, 0.717) is 0 Å². The molecule has 0 spiro atoms. The molecule has 2 aromatic rings. The van der Waals surface area contributed by atoms with Crippen LogP contribution in [-0.4, -0.2) is 5.91 Å². The van der Waals surface area contributed by atoms with E-state index in [0.717, 1.165) is 29.7 Å². The van der Waals surface area contributed by atoms with Crippen LogP contribution in [-0.2, 0) is 12.8 Å². The minimum Gasteiger partial charge on any atom is -0.322 e. The minimum absolute atomic E-state index is 0.00789. The van der Waals surface area contributed by atoms with Gasteiger partial charge in [-0.1, -0.05) is 29.8 Å². The molecule has 1 aliphatic carbocycles. The summed E-state index contributed by atoms with van der Waals surface area (Å²) in [4.78, 5) is 12.5. The van der Waals surface area contributed by atoms with Crippen LogP contribution in [0.3, 0.4) is 0 Å². The van der Waals surface area contributed by atoms with E-state index >= 15 is 0 Å². The van der Waals surface area contributed by atoms with Crippen LogP contribution in [0.5, 0.6) is 0 Å². The smallest absolute Gasteiger partial charge is 0.255 e. The average Bonchev–Trinajstić information content (AvgIpc) is 2.47. The quantitative estimate of drug-likeness (QED) is 0.865. The Labute approximate surface area is 126 Å². The second-order valence-corrected chi connectivity index (χ2v) is 5.92. The van der Waals surface area contributed by atoms with Gasteiger partial charge in [0.25, 0.3) is 5.91 Å². The summed E-state index contributed by atoms with van der Waals surface area (Å²) < 4.78 is 0. The molecule has 0 radical (unpaired) electrons. The highest BCUT2D eigenvalue weighted by Crippen LogP contribution is 2.28. The monoisotopic (exact) mass is 279 g/mol. The molecule has 0 bridgehead atoms. The predicted molar refractivity (Wildman–Crippen MR) is 87.0 cm³/mol. The molecule has 0 saturated heterocycles. The molecule has 2 aromatic carbocycles. The van der Waals surface area contributed by atoms with Gasteiger partial charge in [0.15, 0.2) is 0 Å². The minimum atomic E-state index is -0.00789. The molecule has 2 nitrogen and oxygen atoms in total. The van der Waals surface area contributed by atoms with Crippen LogP contribution >= 0.6 is 0 Å². The number of rotatable bonds is 2. The molecule has 21 heavy (non-hydrogen) atoms. The van der Waals surface area contributed by atoms with Gasteiger partial charge in [-0.15, -0.1) is 0 Å². The van der Waals surface area contributed by atoms with Crippen molar-refractivity contribution in [2.24, 2.45) is 0 Å². The van der Waals surface area contributed by atoms with E-state index in [9.17, 15) is 4.79 Å². The zero-order valence-corrected chi connectivity index (χ0v) is 12.7. The van der Waals surface area contributed by atoms with Crippen molar-refractivity contribution in [3.63, 3.8) is 0 Å². The zero-order valence-electron chi connectivity index (χ0n) is 12.7. The Bertz CT molecular complexity index is 688. The molecule has 0 aromatic heterocycles. The highest BCUT2D eigenvalue weighted by Gasteiger charge is 2.16. The van der Waals surface area contributed by atoms with Crippen molar-refractivity contribution in [3.05, 3.63) is 64.2 Å². The normalized spacial score (nSPS) is 13.6. The first-order valence-corrected chi connectivity index (χ1v) is 7.64. The maximum absolute atomic E-state index is 12.5. The Hall–Kier alpha value is -2.09. The average molecular weight is 279 g/mol. The molecule has 2 heteroatoms. The fourth-order valence-corrected chi connectivity index (χ4v) is 3.16. The molecule has 1 aliphatic rings. The summed E-state index contributed by atoms with van der Waals surface area (Å²) in [6, 6.07) is 12.2. The lowest BCUT2D eigenvalue weighted by molar-refractivity contribution is 0.102. The lowest BCUT2D eigenvalue weighted by atomic mass is 9.90. The molecule has 0 unspecified atom stereocenters. The summed E-state index contributed by atoms with van der Waals surface area (Å²) in [5.41, 5.74) is 6.66. The molecule has 1 N–H and O–H groups in total. The van der Waals surface area contributed by atoms with Crippen LogP contribution in [0.15, 0.2) is 36.4 Å². The largest absolute Gasteiger partial charge is 0.322 e. The van der Waals surface area contributed by atoms with Gasteiger partial charge in [-0.05, 0) is 68.4 Å². The van der Waals surface area contributed by atoms with Crippen LogP contribution in [0.25, 0.3) is 0 Å². The van der Waals surface area contributed by atoms with Gasteiger partial charge in [0.2, 0.25) is 0 Å². The number of nitrogens with one attached hydrogen (secondary N) is 1. The first-order valence-electron chi connectivity index (χ1n) is 7.64. The second kappa shape index (κ2) is 5.72. The lowest BCUT2D eigenvalue weighted by Gasteiger charge is -2.20. The van der Waals surface area contributed by atoms with E-state index in [-0.39, 0.29) is 5.91 Å². The van der Waals surface area contributed by atoms with Crippen LogP contribution in [0.1, 0.15) is 45.5 Å². The summed E-state index contributed by atoms with van der Waals surface area (Å²) in [6.07, 6.45) is 4.66. The second-order valence-electron chi connectivity index (χ2n) is 5.92. The van der Waals surface area contributed by atoms with Gasteiger partial charge in [-0.2, -0.15) is 0 Å². The Kier molecular flexibility index (Phi) is 3.78. The van der Waals surface area contributed by atoms with Crippen LogP contribution in [0, 0.1) is 13.8 Å². The third-order valence-corrected chi connectivity index (χ3v) is 4.27. The number of hydrogen-bond acceptors (Lipinski definition) is 1. The van der Waals surface area contributed by atoms with Gasteiger partial charge in [0.05, 0.1) is 0 Å². The number of benzene rings is 2. The van der Waals surface area contributed by atoms with E-state index in [1.165, 1.54) is 29.5 Å². The molecule has 0 atom stereocenters. The Balaban J connectivity index is 1.88. The van der Waals surface area contributed by atoms with Crippen molar-refractivity contribution in [1.29, 1.82) is 0 Å². The van der Waals surface area contributed by atoms with Gasteiger partial charge in [-0.3, -0.25) is 4.79 Å². The molecular formula is C19H21NO. The number of carbonyl (C=O) groups excluding carboxylic acids is 1. The summed E-state index contributed by atoms with van der Waals surface area (Å²) in [5.74, 6) is -0.00789. The van der Waals surface area contributed by atoms with Crippen molar-refractivity contribution in [2.45, 2.75) is 39.5 Å². The summed E-state index contributed by atoms with van der Waals surface area (Å²) in [6.45, 7) is 4.03. The molecule has 0 aliphatic heterocycles. The van der Waals surface area contributed by atoms with Gasteiger partial charge in [-0.25, -0.2) is 0 Å². The third-order valence-electron chi connectivity index (χ3n) is 4.27. The molecular weight excluding hydrogens is 258 g/mol. The van der Waals surface area contributed by atoms with Crippen molar-refractivity contribution in [3.8, 4) is 0 Å². The summed E-state index contributed by atoms with van der Waals surface area (Å²) in [5, 5.41) is 3.11. The number of aryl methyl sites for hydroxylation is 3. The Morgan fingerprint density at radius 2 is 1.86 bits per heavy atom. The maximum Gasteiger partial charge on any atom is 0.255 e. The fourth-order valence-electron chi connectivity index (χ4n) is 3.16. The Morgan fingerprint density at radius 1 is 1.05 bits per heavy atom. The number of hydrogen-bond donors (Lipinski definition) is 1. The molecule has 3 rings (SSSR count). The van der Waals surface area contributed by atoms with Gasteiger partial charge in [0.1, 0.15) is 0 Å². The van der Waals surface area contributed by atoms with Crippen LogP contribution < -0.4 is 5.32 Å². The standard InChI is InChI=1S/C19H21NO/c1-13-10-11-16(14(2)12-13)19(21)20-18-9-5-7-15-6-3-4-8-17(15)18/h5,7,9-12H,3-4,6,8H2,1-2H3,(H,20,21). The molecule has 0 saturated carbocycles. The summed E-state index contributed by atoms with van der Waals surface area (Å²) in [7, 11) is 0. The predicted octanol–water partition coefficient (Wildman–Crippen LogP) is 4.43. The van der Waals surface area contributed by atoms with E-state index in [1.54, 1.807) is 0 Å². The maximum atomic E-state index is 12.5. The first kappa shape index (κ1) is 13.9.